The van der Waals surface area contributed by atoms with E-state index in [0.29, 0.717) is 6.54 Å². The van der Waals surface area contributed by atoms with Crippen molar-refractivity contribution in [3.8, 4) is 0 Å². The van der Waals surface area contributed by atoms with Gasteiger partial charge in [-0.2, -0.15) is 5.10 Å². The number of nitro groups is 1. The number of rotatable bonds is 5. The first-order chi connectivity index (χ1) is 10.9. The number of nitro benzene ring substituents is 1. The van der Waals surface area contributed by atoms with E-state index in [1.807, 2.05) is 0 Å². The van der Waals surface area contributed by atoms with E-state index in [2.05, 4.69) is 9.84 Å². The van der Waals surface area contributed by atoms with Crippen molar-refractivity contribution in [2.75, 3.05) is 13.7 Å². The number of carbonyl (C=O) groups is 2. The maximum atomic E-state index is 12.6. The van der Waals surface area contributed by atoms with E-state index >= 15 is 0 Å². The molecule has 0 saturated carbocycles. The minimum atomic E-state index is -0.706. The molecular formula is C14H14ClN3O5. The number of Topliss-reactive ketones (excluding diaryl/α,β-unsaturated/α-hetero) is 1. The van der Waals surface area contributed by atoms with E-state index in [4.69, 9.17) is 11.6 Å². The highest BCUT2D eigenvalue weighted by Gasteiger charge is 2.37. The van der Waals surface area contributed by atoms with Gasteiger partial charge in [-0.25, -0.2) is 4.79 Å². The number of benzene rings is 1. The average Bonchev–Trinajstić information content (AvgIpc) is 2.97. The number of esters is 1. The number of nitrogens with zero attached hydrogens (tertiary/aromatic N) is 3. The summed E-state index contributed by atoms with van der Waals surface area (Å²) >= 11 is 5.83. The number of likely N-dealkylation sites (N-methyl/N-ethyl adjacent to an activating group) is 1. The van der Waals surface area contributed by atoms with Crippen molar-refractivity contribution in [1.82, 2.24) is 5.01 Å². The molecular weight excluding hydrogens is 326 g/mol. The molecule has 9 heteroatoms. The Bertz CT molecular complexity index is 704. The van der Waals surface area contributed by atoms with Crippen LogP contribution >= 0.6 is 11.6 Å². The molecule has 1 aromatic carbocycles. The second kappa shape index (κ2) is 6.74. The lowest BCUT2D eigenvalue weighted by atomic mass is 10.0. The Labute approximate surface area is 136 Å². The molecule has 1 atom stereocenters. The Hall–Kier alpha value is -2.48. The second-order valence-electron chi connectivity index (χ2n) is 4.79. The largest absolute Gasteiger partial charge is 0.467 e. The van der Waals surface area contributed by atoms with Crippen molar-refractivity contribution in [2.45, 2.75) is 19.4 Å². The molecule has 0 amide bonds. The van der Waals surface area contributed by atoms with Crippen LogP contribution in [0.5, 0.6) is 0 Å². The number of ketones is 1. The molecule has 122 valence electrons. The molecule has 1 heterocycles. The Morgan fingerprint density at radius 1 is 1.52 bits per heavy atom. The third-order valence-corrected chi connectivity index (χ3v) is 3.69. The normalized spacial score (nSPS) is 16.9. The highest BCUT2D eigenvalue weighted by atomic mass is 35.5. The number of halogens is 1. The highest BCUT2D eigenvalue weighted by Crippen LogP contribution is 2.26. The van der Waals surface area contributed by atoms with Crippen LogP contribution in [0, 0.1) is 10.1 Å². The predicted octanol–water partition coefficient (Wildman–Crippen LogP) is 2.05. The van der Waals surface area contributed by atoms with Crippen LogP contribution in [0.2, 0.25) is 5.02 Å². The number of hydrazone groups is 1. The van der Waals surface area contributed by atoms with Gasteiger partial charge in [-0.15, -0.1) is 0 Å². The van der Waals surface area contributed by atoms with Gasteiger partial charge in [0.1, 0.15) is 17.3 Å². The Morgan fingerprint density at radius 2 is 2.22 bits per heavy atom. The first kappa shape index (κ1) is 16.9. The van der Waals surface area contributed by atoms with Crippen molar-refractivity contribution in [2.24, 2.45) is 5.10 Å². The summed E-state index contributed by atoms with van der Waals surface area (Å²) in [4.78, 5) is 34.7. The lowest BCUT2D eigenvalue weighted by Crippen LogP contribution is -2.35. The van der Waals surface area contributed by atoms with Crippen molar-refractivity contribution in [3.63, 3.8) is 0 Å². The van der Waals surface area contributed by atoms with Gasteiger partial charge in [-0.1, -0.05) is 11.6 Å². The minimum absolute atomic E-state index is 0.0308. The Morgan fingerprint density at radius 3 is 2.78 bits per heavy atom. The summed E-state index contributed by atoms with van der Waals surface area (Å²) in [6.45, 7) is 2.17. The van der Waals surface area contributed by atoms with Gasteiger partial charge < -0.3 is 4.74 Å². The van der Waals surface area contributed by atoms with Gasteiger partial charge in [0.05, 0.1) is 12.0 Å². The second-order valence-corrected chi connectivity index (χ2v) is 5.23. The van der Waals surface area contributed by atoms with Gasteiger partial charge >= 0.3 is 5.97 Å². The van der Waals surface area contributed by atoms with E-state index in [0.717, 1.165) is 0 Å². The fraction of sp³-hybridized carbons (Fsp3) is 0.357. The lowest BCUT2D eigenvalue weighted by Gasteiger charge is -2.18. The summed E-state index contributed by atoms with van der Waals surface area (Å²) in [5.74, 6) is -1.14. The Kier molecular flexibility index (Phi) is 4.95. The van der Waals surface area contributed by atoms with Crippen LogP contribution in [0.15, 0.2) is 23.3 Å². The molecule has 0 N–H and O–H groups in total. The SMILES string of the molecule is CCN1N=C(C(=O)c2cc(Cl)ccc2[N+](=O)[O-])CC1C(=O)OC. The van der Waals surface area contributed by atoms with Gasteiger partial charge in [0.25, 0.3) is 5.69 Å². The highest BCUT2D eigenvalue weighted by molar-refractivity contribution is 6.47. The molecule has 1 aliphatic rings. The van der Waals surface area contributed by atoms with Crippen molar-refractivity contribution >= 4 is 34.8 Å². The molecule has 0 fully saturated rings. The maximum Gasteiger partial charge on any atom is 0.330 e. The summed E-state index contributed by atoms with van der Waals surface area (Å²) in [6, 6.07) is 3.03. The number of ether oxygens (including phenoxy) is 1. The zero-order valence-corrected chi connectivity index (χ0v) is 13.2. The quantitative estimate of drug-likeness (QED) is 0.352. The molecule has 0 aromatic heterocycles. The smallest absolute Gasteiger partial charge is 0.330 e. The van der Waals surface area contributed by atoms with Crippen LogP contribution in [0.4, 0.5) is 5.69 Å². The molecule has 1 aromatic rings. The monoisotopic (exact) mass is 339 g/mol. The zero-order valence-electron chi connectivity index (χ0n) is 12.5. The topological polar surface area (TPSA) is 102 Å². The number of carbonyl (C=O) groups excluding carboxylic acids is 2. The molecule has 2 rings (SSSR count). The maximum absolute atomic E-state index is 12.6. The van der Waals surface area contributed by atoms with Gasteiger partial charge in [0, 0.05) is 24.1 Å². The molecule has 1 unspecified atom stereocenters. The van der Waals surface area contributed by atoms with Crippen molar-refractivity contribution in [1.29, 1.82) is 0 Å². The number of hydrogen-bond donors (Lipinski definition) is 0. The molecule has 0 bridgehead atoms. The van der Waals surface area contributed by atoms with Crippen LogP contribution in [-0.4, -0.2) is 47.1 Å². The van der Waals surface area contributed by atoms with E-state index in [1.54, 1.807) is 6.92 Å². The van der Waals surface area contributed by atoms with E-state index in [1.165, 1.54) is 30.3 Å². The molecule has 0 saturated heterocycles. The average molecular weight is 340 g/mol. The van der Waals surface area contributed by atoms with Crippen LogP contribution in [0.3, 0.4) is 0 Å². The van der Waals surface area contributed by atoms with Crippen LogP contribution in [-0.2, 0) is 9.53 Å². The lowest BCUT2D eigenvalue weighted by molar-refractivity contribution is -0.385. The summed E-state index contributed by atoms with van der Waals surface area (Å²) in [5.41, 5.74) is -0.442. The van der Waals surface area contributed by atoms with Crippen molar-refractivity contribution in [3.05, 3.63) is 38.9 Å². The van der Waals surface area contributed by atoms with Gasteiger partial charge in [-0.05, 0) is 19.1 Å². The van der Waals surface area contributed by atoms with Crippen LogP contribution in [0.25, 0.3) is 0 Å². The Balaban J connectivity index is 2.37. The van der Waals surface area contributed by atoms with Crippen LogP contribution in [0.1, 0.15) is 23.7 Å². The van der Waals surface area contributed by atoms with E-state index in [9.17, 15) is 19.7 Å². The molecule has 23 heavy (non-hydrogen) atoms. The summed E-state index contributed by atoms with van der Waals surface area (Å²) in [5, 5.41) is 16.8. The van der Waals surface area contributed by atoms with E-state index in [-0.39, 0.29) is 28.4 Å². The first-order valence-electron chi connectivity index (χ1n) is 6.79. The van der Waals surface area contributed by atoms with Crippen LogP contribution < -0.4 is 0 Å². The zero-order chi connectivity index (χ0) is 17.1. The molecule has 0 aliphatic carbocycles. The third kappa shape index (κ3) is 3.31. The number of methoxy groups -OCH3 is 1. The molecule has 8 nitrogen and oxygen atoms in total. The number of hydrogen-bond acceptors (Lipinski definition) is 7. The standard InChI is InChI=1S/C14H14ClN3O5/c1-3-17-12(14(20)23-2)7-10(16-17)13(19)9-6-8(15)4-5-11(9)18(21)22/h4-6,12H,3,7H2,1-2H3. The third-order valence-electron chi connectivity index (χ3n) is 3.45. The fourth-order valence-corrected chi connectivity index (χ4v) is 2.50. The van der Waals surface area contributed by atoms with Gasteiger partial charge in [0.2, 0.25) is 5.78 Å². The predicted molar refractivity (Wildman–Crippen MR) is 82.7 cm³/mol. The summed E-state index contributed by atoms with van der Waals surface area (Å²) < 4.78 is 4.69. The van der Waals surface area contributed by atoms with Gasteiger partial charge in [0.15, 0.2) is 0 Å². The fourth-order valence-electron chi connectivity index (χ4n) is 2.33. The molecule has 0 spiro atoms. The molecule has 1 aliphatic heterocycles. The summed E-state index contributed by atoms with van der Waals surface area (Å²) in [7, 11) is 1.25. The van der Waals surface area contributed by atoms with Gasteiger partial charge in [-0.3, -0.25) is 19.9 Å². The van der Waals surface area contributed by atoms with E-state index < -0.39 is 22.7 Å². The summed E-state index contributed by atoms with van der Waals surface area (Å²) in [6.07, 6.45) is 0.0308. The van der Waals surface area contributed by atoms with Crippen molar-refractivity contribution < 1.29 is 19.2 Å². The first-order valence-corrected chi connectivity index (χ1v) is 7.17. The molecule has 0 radical (unpaired) electrons. The minimum Gasteiger partial charge on any atom is -0.467 e.